The first-order chi connectivity index (χ1) is 9.78. The maximum atomic E-state index is 12.0. The zero-order chi connectivity index (χ0) is 15.6. The average molecular weight is 317 g/mol. The van der Waals surface area contributed by atoms with E-state index in [1.165, 1.54) is 0 Å². The van der Waals surface area contributed by atoms with Crippen molar-refractivity contribution in [3.05, 3.63) is 0 Å². The second-order valence-electron chi connectivity index (χ2n) is 6.15. The monoisotopic (exact) mass is 317 g/mol. The van der Waals surface area contributed by atoms with Crippen LogP contribution in [-0.2, 0) is 19.4 Å². The average Bonchev–Trinajstić information content (AvgIpc) is 3.09. The van der Waals surface area contributed by atoms with Gasteiger partial charge in [0.25, 0.3) is 0 Å². The van der Waals surface area contributed by atoms with Crippen molar-refractivity contribution in [3.63, 3.8) is 0 Å². The van der Waals surface area contributed by atoms with Gasteiger partial charge in [0.05, 0.1) is 23.3 Å². The Labute approximate surface area is 125 Å². The summed E-state index contributed by atoms with van der Waals surface area (Å²) in [5.41, 5.74) is 0. The third-order valence-electron chi connectivity index (χ3n) is 3.90. The highest BCUT2D eigenvalue weighted by Crippen LogP contribution is 2.39. The van der Waals surface area contributed by atoms with E-state index in [1.807, 2.05) is 19.0 Å². The molecule has 1 saturated heterocycles. The molecule has 0 spiro atoms. The van der Waals surface area contributed by atoms with Crippen LogP contribution < -0.4 is 10.6 Å². The van der Waals surface area contributed by atoms with Gasteiger partial charge in [-0.15, -0.1) is 0 Å². The normalized spacial score (nSPS) is 30.1. The fraction of sp³-hybridized carbons (Fsp3) is 0.846. The Hall–Kier alpha value is -1.15. The van der Waals surface area contributed by atoms with E-state index < -0.39 is 9.84 Å². The molecule has 2 rings (SSSR count). The smallest absolute Gasteiger partial charge is 0.224 e. The summed E-state index contributed by atoms with van der Waals surface area (Å²) in [6, 6.07) is -0.291. The number of sulfone groups is 1. The lowest BCUT2D eigenvalue weighted by atomic mass is 10.2. The van der Waals surface area contributed by atoms with Gasteiger partial charge in [0.2, 0.25) is 11.8 Å². The van der Waals surface area contributed by atoms with E-state index in [0.29, 0.717) is 19.4 Å². The molecular formula is C13H23N3O4S. The highest BCUT2D eigenvalue weighted by molar-refractivity contribution is 7.91. The number of likely N-dealkylation sites (N-methyl/N-ethyl adjacent to an activating group) is 1. The van der Waals surface area contributed by atoms with Crippen LogP contribution in [0.1, 0.15) is 12.8 Å². The van der Waals surface area contributed by atoms with Crippen LogP contribution in [0.2, 0.25) is 0 Å². The Bertz CT molecular complexity index is 518. The molecular weight excluding hydrogens is 294 g/mol. The van der Waals surface area contributed by atoms with E-state index in [2.05, 4.69) is 10.6 Å². The minimum absolute atomic E-state index is 0.0190. The van der Waals surface area contributed by atoms with Crippen LogP contribution in [0.4, 0.5) is 0 Å². The minimum Gasteiger partial charge on any atom is -0.355 e. The summed E-state index contributed by atoms with van der Waals surface area (Å²) < 4.78 is 22.7. The first-order valence-electron chi connectivity index (χ1n) is 7.22. The molecule has 2 amide bonds. The van der Waals surface area contributed by atoms with E-state index in [1.54, 1.807) is 0 Å². The Morgan fingerprint density at radius 2 is 1.86 bits per heavy atom. The molecule has 3 atom stereocenters. The molecule has 1 saturated carbocycles. The van der Waals surface area contributed by atoms with Gasteiger partial charge in [0, 0.05) is 19.1 Å². The van der Waals surface area contributed by atoms with E-state index >= 15 is 0 Å². The molecule has 2 N–H and O–H groups in total. The van der Waals surface area contributed by atoms with Gasteiger partial charge in [-0.3, -0.25) is 9.59 Å². The molecule has 8 heteroatoms. The predicted octanol–water partition coefficient (Wildman–Crippen LogP) is -1.40. The van der Waals surface area contributed by atoms with Crippen LogP contribution in [-0.4, -0.2) is 69.9 Å². The largest absolute Gasteiger partial charge is 0.355 e. The molecule has 2 aliphatic rings. The summed E-state index contributed by atoms with van der Waals surface area (Å²) in [5, 5.41) is 5.56. The van der Waals surface area contributed by atoms with Crippen LogP contribution >= 0.6 is 0 Å². The first-order valence-corrected chi connectivity index (χ1v) is 9.04. The fourth-order valence-corrected chi connectivity index (χ4v) is 4.20. The van der Waals surface area contributed by atoms with Crippen molar-refractivity contribution in [3.8, 4) is 0 Å². The van der Waals surface area contributed by atoms with Gasteiger partial charge < -0.3 is 15.5 Å². The zero-order valence-electron chi connectivity index (χ0n) is 12.5. The summed E-state index contributed by atoms with van der Waals surface area (Å²) in [5.74, 6) is -0.680. The predicted molar refractivity (Wildman–Crippen MR) is 78.4 cm³/mol. The van der Waals surface area contributed by atoms with Crippen molar-refractivity contribution in [1.82, 2.24) is 15.5 Å². The van der Waals surface area contributed by atoms with Gasteiger partial charge in [-0.25, -0.2) is 8.42 Å². The molecule has 3 unspecified atom stereocenters. The topological polar surface area (TPSA) is 95.6 Å². The van der Waals surface area contributed by atoms with E-state index in [4.69, 9.17) is 0 Å². The van der Waals surface area contributed by atoms with Crippen LogP contribution in [0.5, 0.6) is 0 Å². The van der Waals surface area contributed by atoms with Gasteiger partial charge in [0.1, 0.15) is 0 Å². The van der Waals surface area contributed by atoms with Crippen molar-refractivity contribution >= 4 is 21.7 Å². The molecule has 21 heavy (non-hydrogen) atoms. The summed E-state index contributed by atoms with van der Waals surface area (Å²) >= 11 is 0. The van der Waals surface area contributed by atoms with Gasteiger partial charge in [-0.2, -0.15) is 0 Å². The lowest BCUT2D eigenvalue weighted by molar-refractivity contribution is -0.127. The summed E-state index contributed by atoms with van der Waals surface area (Å²) in [6.45, 7) is 1.33. The molecule has 120 valence electrons. The Morgan fingerprint density at radius 1 is 1.19 bits per heavy atom. The van der Waals surface area contributed by atoms with Crippen molar-refractivity contribution < 1.29 is 18.0 Å². The molecule has 0 aromatic heterocycles. The molecule has 1 aliphatic heterocycles. The standard InChI is InChI=1S/C13H23N3O4S/c1-16(2)5-4-14-12(17)10-7-11(10)13(18)15-9-3-6-21(19,20)8-9/h9-11H,3-8H2,1-2H3,(H,14,17)(H,15,18). The van der Waals surface area contributed by atoms with Crippen molar-refractivity contribution in [2.24, 2.45) is 11.8 Å². The maximum Gasteiger partial charge on any atom is 0.224 e. The number of carbonyl (C=O) groups excluding carboxylic acids is 2. The number of hydrogen-bond acceptors (Lipinski definition) is 5. The third-order valence-corrected chi connectivity index (χ3v) is 5.67. The molecule has 7 nitrogen and oxygen atoms in total. The number of hydrogen-bond donors (Lipinski definition) is 2. The quantitative estimate of drug-likeness (QED) is 0.628. The van der Waals surface area contributed by atoms with Gasteiger partial charge in [-0.1, -0.05) is 0 Å². The van der Waals surface area contributed by atoms with Gasteiger partial charge >= 0.3 is 0 Å². The second kappa shape index (κ2) is 6.31. The molecule has 0 aromatic carbocycles. The number of carbonyl (C=O) groups is 2. The number of nitrogens with zero attached hydrogens (tertiary/aromatic N) is 1. The van der Waals surface area contributed by atoms with Crippen LogP contribution in [0.3, 0.4) is 0 Å². The van der Waals surface area contributed by atoms with E-state index in [0.717, 1.165) is 6.54 Å². The SMILES string of the molecule is CN(C)CCNC(=O)C1CC1C(=O)NC1CCS(=O)(=O)C1. The number of rotatable bonds is 6. The third kappa shape index (κ3) is 4.67. The van der Waals surface area contributed by atoms with E-state index in [9.17, 15) is 18.0 Å². The molecule has 1 aliphatic carbocycles. The summed E-state index contributed by atoms with van der Waals surface area (Å²) in [7, 11) is 0.856. The highest BCUT2D eigenvalue weighted by atomic mass is 32.2. The summed E-state index contributed by atoms with van der Waals surface area (Å²) in [4.78, 5) is 25.8. The fourth-order valence-electron chi connectivity index (χ4n) is 2.53. The van der Waals surface area contributed by atoms with Crippen molar-refractivity contribution in [1.29, 1.82) is 0 Å². The minimum atomic E-state index is -3.00. The second-order valence-corrected chi connectivity index (χ2v) is 8.38. The molecule has 0 bridgehead atoms. The van der Waals surface area contributed by atoms with Crippen LogP contribution in [0, 0.1) is 11.8 Å². The van der Waals surface area contributed by atoms with Gasteiger partial charge in [0.15, 0.2) is 9.84 Å². The Kier molecular flexibility index (Phi) is 4.88. The Balaban J connectivity index is 1.70. The highest BCUT2D eigenvalue weighted by Gasteiger charge is 2.48. The molecule has 0 radical (unpaired) electrons. The lowest BCUT2D eigenvalue weighted by Gasteiger charge is -2.11. The number of amides is 2. The first kappa shape index (κ1) is 16.2. The van der Waals surface area contributed by atoms with Crippen molar-refractivity contribution in [2.75, 3.05) is 38.7 Å². The number of nitrogens with one attached hydrogen (secondary N) is 2. The molecule has 2 fully saturated rings. The summed E-state index contributed by atoms with van der Waals surface area (Å²) in [6.07, 6.45) is 1.03. The van der Waals surface area contributed by atoms with E-state index in [-0.39, 0.29) is 41.2 Å². The lowest BCUT2D eigenvalue weighted by Crippen LogP contribution is -2.38. The van der Waals surface area contributed by atoms with Crippen LogP contribution in [0.15, 0.2) is 0 Å². The zero-order valence-corrected chi connectivity index (χ0v) is 13.3. The maximum absolute atomic E-state index is 12.0. The van der Waals surface area contributed by atoms with Crippen LogP contribution in [0.25, 0.3) is 0 Å². The Morgan fingerprint density at radius 3 is 2.43 bits per heavy atom. The molecule has 1 heterocycles. The van der Waals surface area contributed by atoms with Crippen molar-refractivity contribution in [2.45, 2.75) is 18.9 Å². The van der Waals surface area contributed by atoms with Gasteiger partial charge in [-0.05, 0) is 26.9 Å². The molecule has 0 aromatic rings.